The van der Waals surface area contributed by atoms with Gasteiger partial charge in [0.25, 0.3) is 11.8 Å². The highest BCUT2D eigenvalue weighted by molar-refractivity contribution is 5.97. The highest BCUT2D eigenvalue weighted by Crippen LogP contribution is 2.18. The van der Waals surface area contributed by atoms with Crippen molar-refractivity contribution >= 4 is 29.1 Å². The Labute approximate surface area is 195 Å². The van der Waals surface area contributed by atoms with Gasteiger partial charge in [-0.2, -0.15) is 0 Å². The van der Waals surface area contributed by atoms with E-state index in [-0.39, 0.29) is 36.3 Å². The van der Waals surface area contributed by atoms with Crippen LogP contribution in [0.5, 0.6) is 0 Å². The molecule has 0 saturated heterocycles. The fourth-order valence-electron chi connectivity index (χ4n) is 3.76. The minimum atomic E-state index is -0.203. The second-order valence-corrected chi connectivity index (χ2v) is 8.65. The lowest BCUT2D eigenvalue weighted by atomic mass is 9.95. The van der Waals surface area contributed by atoms with Gasteiger partial charge in [0.1, 0.15) is 0 Å². The molecule has 0 aromatic heterocycles. The first-order chi connectivity index (χ1) is 15.9. The van der Waals surface area contributed by atoms with Gasteiger partial charge in [-0.25, -0.2) is 0 Å². The molecule has 1 saturated carbocycles. The first-order valence-electron chi connectivity index (χ1n) is 11.8. The maximum Gasteiger partial charge on any atom is 0.251 e. The molecule has 4 N–H and O–H groups in total. The maximum absolute atomic E-state index is 12.4. The maximum atomic E-state index is 12.4. The minimum absolute atomic E-state index is 0.0486. The van der Waals surface area contributed by atoms with Crippen LogP contribution in [0.4, 0.5) is 11.4 Å². The Kier molecular flexibility index (Phi) is 8.87. The fraction of sp³-hybridized carbons (Fsp3) is 0.423. The van der Waals surface area contributed by atoms with Gasteiger partial charge in [0.15, 0.2) is 0 Å². The predicted molar refractivity (Wildman–Crippen MR) is 132 cm³/mol. The predicted octanol–water partition coefficient (Wildman–Crippen LogP) is 4.33. The molecule has 1 aliphatic carbocycles. The molecular weight excluding hydrogens is 416 g/mol. The van der Waals surface area contributed by atoms with Crippen LogP contribution >= 0.6 is 0 Å². The lowest BCUT2D eigenvalue weighted by Gasteiger charge is -2.22. The summed E-state index contributed by atoms with van der Waals surface area (Å²) in [5.41, 5.74) is 2.56. The highest BCUT2D eigenvalue weighted by Gasteiger charge is 2.16. The van der Waals surface area contributed by atoms with Gasteiger partial charge in [0.05, 0.1) is 6.54 Å². The van der Waals surface area contributed by atoms with E-state index >= 15 is 0 Å². The first-order valence-corrected chi connectivity index (χ1v) is 11.8. The Morgan fingerprint density at radius 2 is 1.42 bits per heavy atom. The number of carbonyl (C=O) groups is 3. The molecule has 176 valence electrons. The van der Waals surface area contributed by atoms with Crippen molar-refractivity contribution in [3.63, 3.8) is 0 Å². The third kappa shape index (κ3) is 7.63. The van der Waals surface area contributed by atoms with Crippen LogP contribution in [0.2, 0.25) is 0 Å². The Bertz CT molecular complexity index is 935. The van der Waals surface area contributed by atoms with E-state index < -0.39 is 0 Å². The normalized spacial score (nSPS) is 14.7. The lowest BCUT2D eigenvalue weighted by molar-refractivity contribution is -0.114. The van der Waals surface area contributed by atoms with Crippen LogP contribution < -0.4 is 21.3 Å². The Balaban J connectivity index is 1.43. The van der Waals surface area contributed by atoms with Crippen LogP contribution in [-0.2, 0) is 4.79 Å². The number of amides is 3. The Hall–Kier alpha value is -3.35. The van der Waals surface area contributed by atoms with E-state index in [4.69, 9.17) is 0 Å². The summed E-state index contributed by atoms with van der Waals surface area (Å²) >= 11 is 0. The second-order valence-electron chi connectivity index (χ2n) is 8.65. The Morgan fingerprint density at radius 3 is 2.03 bits per heavy atom. The number of hydrogen-bond donors (Lipinski definition) is 4. The van der Waals surface area contributed by atoms with E-state index in [1.54, 1.807) is 48.5 Å². The summed E-state index contributed by atoms with van der Waals surface area (Å²) in [4.78, 5) is 36.8. The van der Waals surface area contributed by atoms with E-state index in [9.17, 15) is 14.4 Å². The molecule has 2 aromatic carbocycles. The second kappa shape index (κ2) is 12.0. The van der Waals surface area contributed by atoms with E-state index in [2.05, 4.69) is 21.3 Å². The largest absolute Gasteiger partial charge is 0.376 e. The van der Waals surface area contributed by atoms with Crippen molar-refractivity contribution in [2.45, 2.75) is 64.5 Å². The zero-order chi connectivity index (χ0) is 23.6. The standard InChI is InChI=1S/C26H34N4O3/c1-3-18(2)28-25(32)19-11-15-23(16-12-19)29-24(31)17-27-21-13-9-20(10-14-21)26(33)30-22-7-5-4-6-8-22/h9-16,18,22,27H,3-8,17H2,1-2H3,(H,28,32)(H,29,31)(H,30,33). The molecule has 33 heavy (non-hydrogen) atoms. The third-order valence-corrected chi connectivity index (χ3v) is 5.96. The Morgan fingerprint density at radius 1 is 0.848 bits per heavy atom. The van der Waals surface area contributed by atoms with Gasteiger partial charge in [-0.15, -0.1) is 0 Å². The summed E-state index contributed by atoms with van der Waals surface area (Å²) in [5.74, 6) is -0.377. The summed E-state index contributed by atoms with van der Waals surface area (Å²) < 4.78 is 0. The van der Waals surface area contributed by atoms with Gasteiger partial charge in [0, 0.05) is 34.6 Å². The molecule has 7 heteroatoms. The van der Waals surface area contributed by atoms with Crippen LogP contribution in [0.1, 0.15) is 73.1 Å². The summed E-state index contributed by atoms with van der Waals surface area (Å²) in [6.07, 6.45) is 6.56. The van der Waals surface area contributed by atoms with Crippen LogP contribution in [0.3, 0.4) is 0 Å². The average Bonchev–Trinajstić information content (AvgIpc) is 2.84. The van der Waals surface area contributed by atoms with Crippen molar-refractivity contribution < 1.29 is 14.4 Å². The van der Waals surface area contributed by atoms with E-state index in [0.29, 0.717) is 16.8 Å². The van der Waals surface area contributed by atoms with Gasteiger partial charge in [0.2, 0.25) is 5.91 Å². The lowest BCUT2D eigenvalue weighted by Crippen LogP contribution is -2.36. The molecule has 1 unspecified atom stereocenters. The molecule has 3 amide bonds. The first kappa shape index (κ1) is 24.3. The topological polar surface area (TPSA) is 99.3 Å². The molecule has 0 aliphatic heterocycles. The van der Waals surface area contributed by atoms with E-state index in [1.807, 2.05) is 13.8 Å². The van der Waals surface area contributed by atoms with Crippen molar-refractivity contribution in [1.29, 1.82) is 0 Å². The zero-order valence-electron chi connectivity index (χ0n) is 19.4. The SMILES string of the molecule is CCC(C)NC(=O)c1ccc(NC(=O)CNc2ccc(C(=O)NC3CCCCC3)cc2)cc1. The zero-order valence-corrected chi connectivity index (χ0v) is 19.4. The molecule has 3 rings (SSSR count). The molecule has 7 nitrogen and oxygen atoms in total. The van der Waals surface area contributed by atoms with Crippen molar-refractivity contribution in [3.05, 3.63) is 59.7 Å². The monoisotopic (exact) mass is 450 g/mol. The quantitative estimate of drug-likeness (QED) is 0.457. The van der Waals surface area contributed by atoms with Crippen LogP contribution in [0.15, 0.2) is 48.5 Å². The summed E-state index contributed by atoms with van der Waals surface area (Å²) in [7, 11) is 0. The highest BCUT2D eigenvalue weighted by atomic mass is 16.2. The van der Waals surface area contributed by atoms with Gasteiger partial charge in [-0.05, 0) is 74.7 Å². The molecule has 2 aromatic rings. The average molecular weight is 451 g/mol. The number of benzene rings is 2. The molecule has 0 radical (unpaired) electrons. The van der Waals surface area contributed by atoms with Crippen LogP contribution in [-0.4, -0.2) is 36.3 Å². The molecule has 1 atom stereocenters. The van der Waals surface area contributed by atoms with E-state index in [1.165, 1.54) is 19.3 Å². The van der Waals surface area contributed by atoms with Gasteiger partial charge in [-0.3, -0.25) is 14.4 Å². The number of carbonyl (C=O) groups excluding carboxylic acids is 3. The summed E-state index contributed by atoms with van der Waals surface area (Å²) in [6.45, 7) is 4.06. The van der Waals surface area contributed by atoms with Crippen LogP contribution in [0.25, 0.3) is 0 Å². The minimum Gasteiger partial charge on any atom is -0.376 e. The van der Waals surface area contributed by atoms with E-state index in [0.717, 1.165) is 24.9 Å². The van der Waals surface area contributed by atoms with Gasteiger partial charge in [-0.1, -0.05) is 26.2 Å². The summed E-state index contributed by atoms with van der Waals surface area (Å²) in [5, 5.41) is 11.9. The van der Waals surface area contributed by atoms with Gasteiger partial charge >= 0.3 is 0 Å². The molecular formula is C26H34N4O3. The van der Waals surface area contributed by atoms with Crippen molar-refractivity contribution in [2.24, 2.45) is 0 Å². The molecule has 0 bridgehead atoms. The summed E-state index contributed by atoms with van der Waals surface area (Å²) in [6, 6.07) is 14.3. The number of anilines is 2. The van der Waals surface area contributed by atoms with Crippen LogP contribution in [0, 0.1) is 0 Å². The fourth-order valence-corrected chi connectivity index (χ4v) is 3.76. The molecule has 0 heterocycles. The molecule has 1 aliphatic rings. The third-order valence-electron chi connectivity index (χ3n) is 5.96. The number of rotatable bonds is 9. The number of hydrogen-bond acceptors (Lipinski definition) is 4. The molecule has 1 fully saturated rings. The smallest absolute Gasteiger partial charge is 0.251 e. The van der Waals surface area contributed by atoms with Gasteiger partial charge < -0.3 is 21.3 Å². The molecule has 0 spiro atoms. The van der Waals surface area contributed by atoms with Crippen molar-refractivity contribution in [3.8, 4) is 0 Å². The van der Waals surface area contributed by atoms with Crippen molar-refractivity contribution in [2.75, 3.05) is 17.2 Å². The number of nitrogens with one attached hydrogen (secondary N) is 4. The van der Waals surface area contributed by atoms with Crippen molar-refractivity contribution in [1.82, 2.24) is 10.6 Å².